The summed E-state index contributed by atoms with van der Waals surface area (Å²) < 4.78 is 14.2. The van der Waals surface area contributed by atoms with E-state index in [1.807, 2.05) is 0 Å². The van der Waals surface area contributed by atoms with Crippen LogP contribution in [0.1, 0.15) is 84.5 Å². The van der Waals surface area contributed by atoms with E-state index in [0.29, 0.717) is 26.4 Å². The molecular formula is C20H43O11P. The molecule has 0 aromatic rings. The summed E-state index contributed by atoms with van der Waals surface area (Å²) in [5, 5.41) is 8.44. The molecule has 0 amide bonds. The van der Waals surface area contributed by atoms with Crippen LogP contribution >= 0.6 is 7.82 Å². The third-order valence-corrected chi connectivity index (χ3v) is 3.92. The van der Waals surface area contributed by atoms with Gasteiger partial charge in [-0.25, -0.2) is 14.3 Å². The summed E-state index contributed by atoms with van der Waals surface area (Å²) in [7, 11) is -4.64. The number of rotatable bonds is 23. The summed E-state index contributed by atoms with van der Waals surface area (Å²) in [5.74, 6) is 0. The molecule has 0 aromatic carbocycles. The van der Waals surface area contributed by atoms with Crippen molar-refractivity contribution in [3.63, 3.8) is 0 Å². The molecule has 0 aliphatic carbocycles. The normalized spacial score (nSPS) is 12.2. The predicted molar refractivity (Wildman–Crippen MR) is 117 cm³/mol. The van der Waals surface area contributed by atoms with Crippen LogP contribution in [0.15, 0.2) is 12.8 Å². The Hall–Kier alpha value is -0.590. The third kappa shape index (κ3) is 39.8. The third-order valence-electron chi connectivity index (χ3n) is 3.92. The van der Waals surface area contributed by atoms with Crippen LogP contribution < -0.4 is 0 Å². The van der Waals surface area contributed by atoms with Gasteiger partial charge in [0.2, 0.25) is 0 Å². The van der Waals surface area contributed by atoms with Crippen molar-refractivity contribution < 1.29 is 53.6 Å². The first-order chi connectivity index (χ1) is 15.3. The minimum absolute atomic E-state index is 0.310. The molecule has 1 atom stereocenters. The number of phosphoric acid groups is 1. The van der Waals surface area contributed by atoms with E-state index in [4.69, 9.17) is 38.6 Å². The first-order valence-electron chi connectivity index (χ1n) is 11.2. The van der Waals surface area contributed by atoms with Crippen LogP contribution in [0, 0.1) is 0 Å². The van der Waals surface area contributed by atoms with Crippen molar-refractivity contribution in [2.75, 3.05) is 26.4 Å². The fourth-order valence-electron chi connectivity index (χ4n) is 2.44. The fourth-order valence-corrected chi connectivity index (χ4v) is 2.44. The van der Waals surface area contributed by atoms with Crippen LogP contribution in [0.3, 0.4) is 0 Å². The summed E-state index contributed by atoms with van der Waals surface area (Å²) >= 11 is 0. The Morgan fingerprint density at radius 2 is 1.31 bits per heavy atom. The minimum Gasteiger partial charge on any atom is -0.376 e. The van der Waals surface area contributed by atoms with E-state index >= 15 is 0 Å². The summed E-state index contributed by atoms with van der Waals surface area (Å²) in [6.07, 6.45) is 15.3. The zero-order valence-electron chi connectivity index (χ0n) is 19.5. The maximum Gasteiger partial charge on any atom is 0.466 e. The van der Waals surface area contributed by atoms with Crippen molar-refractivity contribution in [3.8, 4) is 0 Å². The lowest BCUT2D eigenvalue weighted by Crippen LogP contribution is -2.18. The Morgan fingerprint density at radius 3 is 1.84 bits per heavy atom. The van der Waals surface area contributed by atoms with E-state index in [-0.39, 0.29) is 6.10 Å². The monoisotopic (exact) mass is 490 g/mol. The second-order valence-electron chi connectivity index (χ2n) is 7.07. The molecular weight excluding hydrogens is 447 g/mol. The fraction of sp³-hybridized carbons (Fsp3) is 0.900. The maximum absolute atomic E-state index is 8.88. The lowest BCUT2D eigenvalue weighted by Gasteiger charge is -2.10. The van der Waals surface area contributed by atoms with Crippen molar-refractivity contribution in [1.29, 1.82) is 0 Å². The lowest BCUT2D eigenvalue weighted by molar-refractivity contribution is -0.629. The van der Waals surface area contributed by atoms with E-state index in [9.17, 15) is 0 Å². The van der Waals surface area contributed by atoms with Crippen molar-refractivity contribution in [3.05, 3.63) is 12.8 Å². The van der Waals surface area contributed by atoms with Gasteiger partial charge in [0.05, 0.1) is 19.8 Å². The molecule has 1 unspecified atom stereocenters. The lowest BCUT2D eigenvalue weighted by atomic mass is 10.1. The topological polar surface area (TPSA) is 142 Å². The Bertz CT molecular complexity index is 412. The average Bonchev–Trinajstić information content (AvgIpc) is 2.72. The van der Waals surface area contributed by atoms with Gasteiger partial charge in [-0.15, -0.1) is 0 Å². The summed E-state index contributed by atoms with van der Waals surface area (Å²) in [6, 6.07) is 0. The van der Waals surface area contributed by atoms with Crippen molar-refractivity contribution in [2.45, 2.75) is 90.6 Å². The average molecular weight is 491 g/mol. The first kappa shape index (κ1) is 33.6. The molecule has 12 heteroatoms. The van der Waals surface area contributed by atoms with Crippen LogP contribution in [0.2, 0.25) is 0 Å². The predicted octanol–water partition coefficient (Wildman–Crippen LogP) is 4.68. The second kappa shape index (κ2) is 26.7. The maximum atomic E-state index is 8.88. The zero-order valence-corrected chi connectivity index (χ0v) is 20.4. The molecule has 0 saturated carbocycles. The van der Waals surface area contributed by atoms with Gasteiger partial charge < -0.3 is 24.3 Å². The summed E-state index contributed by atoms with van der Waals surface area (Å²) in [5.41, 5.74) is 0. The molecule has 0 rings (SSSR count). The molecule has 0 heterocycles. The van der Waals surface area contributed by atoms with Gasteiger partial charge in [0, 0.05) is 5.04 Å². The quantitative estimate of drug-likeness (QED) is 0.0604. The molecule has 0 aliphatic heterocycles. The highest BCUT2D eigenvalue weighted by atomic mass is 31.2. The van der Waals surface area contributed by atoms with Gasteiger partial charge >= 0.3 is 7.82 Å². The molecule has 194 valence electrons. The minimum atomic E-state index is -4.64. The largest absolute Gasteiger partial charge is 0.466 e. The highest BCUT2D eigenvalue weighted by Gasteiger charge is 2.04. The summed E-state index contributed by atoms with van der Waals surface area (Å²) in [6.45, 7) is 9.05. The Kier molecular flexibility index (Phi) is 28.0. The molecule has 0 bridgehead atoms. The standard InChI is InChI=1S/C20H40O7.H3O4P/c1-4-6-7-8-9-10-11-12-13-14-15-16-23-24-18-17-21-19-20(3)25-27-26-22-5-2;1-5(2,3)4/h5,20H,2,4,6-19H2,1,3H3;(H3,1,2,3,4). The van der Waals surface area contributed by atoms with Gasteiger partial charge in [0.15, 0.2) is 0 Å². The van der Waals surface area contributed by atoms with E-state index in [1.54, 1.807) is 6.92 Å². The smallest absolute Gasteiger partial charge is 0.376 e. The SMILES string of the molecule is C=COOOOC(C)COCCOOCCCCCCCCCCCCC.O=P(O)(O)O. The van der Waals surface area contributed by atoms with Crippen LogP contribution in [0.25, 0.3) is 0 Å². The molecule has 0 aliphatic rings. The highest BCUT2D eigenvalue weighted by molar-refractivity contribution is 7.45. The number of hydrogen-bond acceptors (Lipinski definition) is 8. The van der Waals surface area contributed by atoms with Gasteiger partial charge in [-0.05, 0) is 18.4 Å². The summed E-state index contributed by atoms with van der Waals surface area (Å²) in [4.78, 5) is 40.8. The second-order valence-corrected chi connectivity index (χ2v) is 8.10. The van der Waals surface area contributed by atoms with Crippen LogP contribution in [-0.4, -0.2) is 47.2 Å². The molecule has 11 nitrogen and oxygen atoms in total. The van der Waals surface area contributed by atoms with E-state index in [0.717, 1.165) is 12.7 Å². The molecule has 32 heavy (non-hydrogen) atoms. The van der Waals surface area contributed by atoms with Crippen molar-refractivity contribution >= 4 is 7.82 Å². The number of hydrogen-bond donors (Lipinski definition) is 3. The molecule has 0 fully saturated rings. The first-order valence-corrected chi connectivity index (χ1v) is 12.7. The van der Waals surface area contributed by atoms with Gasteiger partial charge in [0.25, 0.3) is 0 Å². The van der Waals surface area contributed by atoms with Crippen LogP contribution in [-0.2, 0) is 38.9 Å². The van der Waals surface area contributed by atoms with Gasteiger partial charge in [-0.1, -0.05) is 77.7 Å². The molecule has 0 aromatic heterocycles. The molecule has 0 saturated heterocycles. The Balaban J connectivity index is 0. The number of unbranched alkanes of at least 4 members (excludes halogenated alkanes) is 10. The Morgan fingerprint density at radius 1 is 0.812 bits per heavy atom. The Labute approximate surface area is 191 Å². The van der Waals surface area contributed by atoms with Gasteiger partial charge in [0.1, 0.15) is 19.0 Å². The van der Waals surface area contributed by atoms with Crippen molar-refractivity contribution in [2.24, 2.45) is 0 Å². The molecule has 0 radical (unpaired) electrons. The van der Waals surface area contributed by atoms with E-state index in [1.165, 1.54) is 64.2 Å². The van der Waals surface area contributed by atoms with Crippen LogP contribution in [0.5, 0.6) is 0 Å². The van der Waals surface area contributed by atoms with Crippen molar-refractivity contribution in [1.82, 2.24) is 0 Å². The van der Waals surface area contributed by atoms with Gasteiger partial charge in [-0.3, -0.25) is 0 Å². The van der Waals surface area contributed by atoms with Gasteiger partial charge in [-0.2, -0.15) is 4.89 Å². The highest BCUT2D eigenvalue weighted by Crippen LogP contribution is 2.25. The molecule has 0 spiro atoms. The van der Waals surface area contributed by atoms with E-state index in [2.05, 4.69) is 28.5 Å². The van der Waals surface area contributed by atoms with Crippen LogP contribution in [0.4, 0.5) is 0 Å². The van der Waals surface area contributed by atoms with E-state index < -0.39 is 7.82 Å². The molecule has 3 N–H and O–H groups in total. The zero-order chi connectivity index (χ0) is 24.3. The number of ether oxygens (including phenoxy) is 1.